The molecule has 1 aromatic carbocycles. The molecule has 9 nitrogen and oxygen atoms in total. The molecule has 4 heterocycles. The zero-order valence-corrected chi connectivity index (χ0v) is 20.6. The van der Waals surface area contributed by atoms with Crippen molar-refractivity contribution in [3.05, 3.63) is 53.6 Å². The Morgan fingerprint density at radius 1 is 1.16 bits per heavy atom. The summed E-state index contributed by atoms with van der Waals surface area (Å²) in [5.41, 5.74) is 4.84. The van der Waals surface area contributed by atoms with Crippen LogP contribution in [0.4, 0.5) is 20.3 Å². The Balaban J connectivity index is 1.19. The van der Waals surface area contributed by atoms with Crippen molar-refractivity contribution in [2.45, 2.75) is 31.7 Å². The van der Waals surface area contributed by atoms with Gasteiger partial charge < -0.3 is 10.1 Å². The molecule has 3 aliphatic heterocycles. The highest BCUT2D eigenvalue weighted by Crippen LogP contribution is 2.40. The van der Waals surface area contributed by atoms with Crippen molar-refractivity contribution in [3.8, 4) is 0 Å². The molecular weight excluding hydrogens is 480 g/mol. The number of morpholine rings is 1. The second-order valence-corrected chi connectivity index (χ2v) is 10.1. The number of carbonyl (C=O) groups is 1. The first-order chi connectivity index (χ1) is 18.1. The number of ether oxygens (including phenoxy) is 1. The minimum atomic E-state index is -0.462. The van der Waals surface area contributed by atoms with E-state index in [0.29, 0.717) is 61.4 Å². The molecule has 196 valence electrons. The third-order valence-electron chi connectivity index (χ3n) is 7.62. The molecule has 0 spiro atoms. The normalized spacial score (nSPS) is 23.0. The number of hydrogen-bond donors (Lipinski definition) is 2. The van der Waals surface area contributed by atoms with Crippen LogP contribution in [-0.2, 0) is 9.53 Å². The average molecular weight is 512 g/mol. The molecule has 6 rings (SSSR count). The Kier molecular flexibility index (Phi) is 6.74. The number of fused-ring (bicyclic) bond motifs is 1. The van der Waals surface area contributed by atoms with Gasteiger partial charge in [-0.15, -0.1) is 0 Å². The fourth-order valence-corrected chi connectivity index (χ4v) is 5.48. The summed E-state index contributed by atoms with van der Waals surface area (Å²) in [7, 11) is 0. The number of halogens is 2. The predicted octanol–water partition coefficient (Wildman–Crippen LogP) is 3.42. The Morgan fingerprint density at radius 3 is 2.81 bits per heavy atom. The topological polar surface area (TPSA) is 85.9 Å². The summed E-state index contributed by atoms with van der Waals surface area (Å²) in [5.74, 6) is -0.253. The number of aromatic nitrogens is 2. The highest BCUT2D eigenvalue weighted by Gasteiger charge is 2.38. The molecule has 3 fully saturated rings. The summed E-state index contributed by atoms with van der Waals surface area (Å²) in [6.45, 7) is 4.43. The van der Waals surface area contributed by atoms with Crippen LogP contribution >= 0.6 is 0 Å². The van der Waals surface area contributed by atoms with Crippen LogP contribution in [0.25, 0.3) is 6.08 Å². The monoisotopic (exact) mass is 511 g/mol. The number of hydrogen-bond acceptors (Lipinski definition) is 8. The molecule has 0 bridgehead atoms. The zero-order valence-electron chi connectivity index (χ0n) is 20.6. The summed E-state index contributed by atoms with van der Waals surface area (Å²) in [4.78, 5) is 24.4. The molecule has 2 saturated heterocycles. The number of nitrogens with one attached hydrogen (secondary N) is 2. The number of rotatable bonds is 7. The van der Waals surface area contributed by atoms with Crippen LogP contribution in [0.2, 0.25) is 0 Å². The van der Waals surface area contributed by atoms with Gasteiger partial charge in [-0.3, -0.25) is 15.1 Å². The smallest absolute Gasteiger partial charge is 0.230 e. The van der Waals surface area contributed by atoms with E-state index in [1.807, 2.05) is 17.3 Å². The third kappa shape index (κ3) is 5.16. The zero-order chi connectivity index (χ0) is 25.4. The Hall–Kier alpha value is -3.15. The van der Waals surface area contributed by atoms with E-state index in [4.69, 9.17) is 4.74 Å². The maximum atomic E-state index is 14.6. The van der Waals surface area contributed by atoms with Crippen molar-refractivity contribution in [1.82, 2.24) is 25.0 Å². The van der Waals surface area contributed by atoms with E-state index >= 15 is 0 Å². The molecule has 0 radical (unpaired) electrons. The highest BCUT2D eigenvalue weighted by atomic mass is 19.1. The molecule has 37 heavy (non-hydrogen) atoms. The number of carbonyl (C=O) groups excluding carboxylic acids is 1. The van der Waals surface area contributed by atoms with E-state index in [1.54, 1.807) is 5.12 Å². The molecule has 2 aromatic rings. The molecule has 1 aliphatic carbocycles. The van der Waals surface area contributed by atoms with Gasteiger partial charge >= 0.3 is 0 Å². The maximum absolute atomic E-state index is 14.6. The number of nitrogens with zero attached hydrogens (tertiary/aromatic N) is 5. The standard InChI is InChI=1S/C26H31F2N7O2/c27-18-5-6-21(28)19(14-18)23-2-1-8-34(23)35-9-7-22-24(32-35)25(30-16-29-22)31-26(36)20(17-3-4-17)15-33-10-12-37-13-11-33/h5-7,9,14,16-17,20,23,32H,1-4,8,10-13,15H2,(H,29,30,31,36)/t20?,23-/m1/s1. The van der Waals surface area contributed by atoms with Crippen LogP contribution in [-0.4, -0.2) is 70.3 Å². The van der Waals surface area contributed by atoms with E-state index < -0.39 is 11.6 Å². The summed E-state index contributed by atoms with van der Waals surface area (Å²) >= 11 is 0. The molecule has 2 atom stereocenters. The van der Waals surface area contributed by atoms with Gasteiger partial charge in [-0.05, 0) is 55.9 Å². The molecule has 1 saturated carbocycles. The molecule has 1 amide bonds. The fourth-order valence-electron chi connectivity index (χ4n) is 5.48. The molecule has 1 aromatic heterocycles. The van der Waals surface area contributed by atoms with Crippen molar-refractivity contribution >= 4 is 23.5 Å². The van der Waals surface area contributed by atoms with E-state index in [2.05, 4.69) is 25.6 Å². The van der Waals surface area contributed by atoms with E-state index in [-0.39, 0.29) is 17.9 Å². The second-order valence-electron chi connectivity index (χ2n) is 10.1. The first-order valence-corrected chi connectivity index (χ1v) is 13.0. The average Bonchev–Trinajstić information content (AvgIpc) is 3.64. The lowest BCUT2D eigenvalue weighted by Gasteiger charge is -2.38. The van der Waals surface area contributed by atoms with Crippen LogP contribution in [0.5, 0.6) is 0 Å². The largest absolute Gasteiger partial charge is 0.379 e. The summed E-state index contributed by atoms with van der Waals surface area (Å²) in [6.07, 6.45) is 8.72. The number of anilines is 2. The van der Waals surface area contributed by atoms with Gasteiger partial charge in [0.15, 0.2) is 5.82 Å². The lowest BCUT2D eigenvalue weighted by atomic mass is 10.0. The van der Waals surface area contributed by atoms with Crippen LogP contribution < -0.4 is 10.7 Å². The fraction of sp³-hybridized carbons (Fsp3) is 0.500. The van der Waals surface area contributed by atoms with Crippen molar-refractivity contribution in [3.63, 3.8) is 0 Å². The Morgan fingerprint density at radius 2 is 2.00 bits per heavy atom. The molecular formula is C26H31F2N7O2. The quantitative estimate of drug-likeness (QED) is 0.585. The Labute approximate surface area is 214 Å². The first-order valence-electron chi connectivity index (χ1n) is 13.0. The van der Waals surface area contributed by atoms with E-state index in [9.17, 15) is 13.6 Å². The van der Waals surface area contributed by atoms with Gasteiger partial charge in [-0.2, -0.15) is 5.01 Å². The lowest BCUT2D eigenvalue weighted by Crippen LogP contribution is -2.44. The van der Waals surface area contributed by atoms with Crippen molar-refractivity contribution in [2.24, 2.45) is 11.8 Å². The molecule has 1 unspecified atom stereocenters. The number of amides is 1. The van der Waals surface area contributed by atoms with Crippen LogP contribution in [0, 0.1) is 23.5 Å². The van der Waals surface area contributed by atoms with Crippen LogP contribution in [0.3, 0.4) is 0 Å². The third-order valence-corrected chi connectivity index (χ3v) is 7.62. The minimum Gasteiger partial charge on any atom is -0.379 e. The lowest BCUT2D eigenvalue weighted by molar-refractivity contribution is -0.121. The minimum absolute atomic E-state index is 0.0429. The van der Waals surface area contributed by atoms with E-state index in [1.165, 1.54) is 18.5 Å². The van der Waals surface area contributed by atoms with Gasteiger partial charge in [-0.1, -0.05) is 0 Å². The van der Waals surface area contributed by atoms with Crippen LogP contribution in [0.15, 0.2) is 30.7 Å². The van der Waals surface area contributed by atoms with Crippen LogP contribution in [0.1, 0.15) is 43.0 Å². The van der Waals surface area contributed by atoms with Gasteiger partial charge in [0.25, 0.3) is 0 Å². The molecule has 2 N–H and O–H groups in total. The van der Waals surface area contributed by atoms with Gasteiger partial charge in [-0.25, -0.2) is 23.9 Å². The van der Waals surface area contributed by atoms with Crippen molar-refractivity contribution < 1.29 is 18.3 Å². The van der Waals surface area contributed by atoms with E-state index in [0.717, 1.165) is 38.4 Å². The first kappa shape index (κ1) is 24.2. The van der Waals surface area contributed by atoms with Gasteiger partial charge in [0.05, 0.1) is 30.9 Å². The van der Waals surface area contributed by atoms with Gasteiger partial charge in [0.1, 0.15) is 23.6 Å². The number of hydrazine groups is 2. The van der Waals surface area contributed by atoms with Gasteiger partial charge in [0, 0.05) is 37.9 Å². The summed E-state index contributed by atoms with van der Waals surface area (Å²) in [5, 5.41) is 6.77. The SMILES string of the molecule is O=C(Nc1ncnc2c1NN(N1CCC[C@@H]1c1cc(F)ccc1F)C=C2)C(CN1CCOCC1)C1CC1. The number of benzene rings is 1. The Bertz CT molecular complexity index is 1190. The highest BCUT2D eigenvalue weighted by molar-refractivity contribution is 5.96. The second kappa shape index (κ2) is 10.3. The van der Waals surface area contributed by atoms with Crippen molar-refractivity contribution in [2.75, 3.05) is 50.1 Å². The maximum Gasteiger partial charge on any atom is 0.230 e. The molecule has 4 aliphatic rings. The van der Waals surface area contributed by atoms with Gasteiger partial charge in [0.2, 0.25) is 5.91 Å². The summed E-state index contributed by atoms with van der Waals surface area (Å²) < 4.78 is 34.0. The predicted molar refractivity (Wildman–Crippen MR) is 134 cm³/mol. The van der Waals surface area contributed by atoms with Crippen molar-refractivity contribution in [1.29, 1.82) is 0 Å². The summed E-state index contributed by atoms with van der Waals surface area (Å²) in [6, 6.07) is 3.24. The molecule has 11 heteroatoms.